The second kappa shape index (κ2) is 7.10. The molecular formula is C17H34Cl2O4Si2. The minimum absolute atomic E-state index is 0.0344. The Morgan fingerprint density at radius 2 is 1.44 bits per heavy atom. The number of carbonyl (C=O) groups excluding carboxylic acids is 1. The highest BCUT2D eigenvalue weighted by atomic mass is 35.5. The van der Waals surface area contributed by atoms with Crippen molar-refractivity contribution in [2.75, 3.05) is 6.61 Å². The van der Waals surface area contributed by atoms with Crippen molar-refractivity contribution in [3.8, 4) is 0 Å². The molecule has 1 aliphatic rings. The van der Waals surface area contributed by atoms with Crippen molar-refractivity contribution < 1.29 is 18.4 Å². The van der Waals surface area contributed by atoms with Gasteiger partial charge in [-0.25, -0.2) is 4.79 Å². The zero-order valence-corrected chi connectivity index (χ0v) is 20.8. The lowest BCUT2D eigenvalue weighted by atomic mass is 10.2. The largest absolute Gasteiger partial charge is 0.455 e. The second-order valence-corrected chi connectivity index (χ2v) is 20.9. The maximum Gasteiger partial charge on any atom is 0.345 e. The van der Waals surface area contributed by atoms with Crippen molar-refractivity contribution in [2.24, 2.45) is 0 Å². The first-order valence-electron chi connectivity index (χ1n) is 8.73. The topological polar surface area (TPSA) is 44.8 Å². The van der Waals surface area contributed by atoms with Crippen LogP contribution in [0.4, 0.5) is 0 Å². The van der Waals surface area contributed by atoms with Crippen LogP contribution in [0.2, 0.25) is 36.3 Å². The molecule has 0 N–H and O–H groups in total. The normalized spacial score (nSPS) is 25.2. The number of hydrogen-bond acceptors (Lipinski definition) is 4. The van der Waals surface area contributed by atoms with Gasteiger partial charge in [-0.15, -0.1) is 0 Å². The fraction of sp³-hybridized carbons (Fsp3) is 0.941. The van der Waals surface area contributed by atoms with Gasteiger partial charge in [0.1, 0.15) is 6.10 Å². The summed E-state index contributed by atoms with van der Waals surface area (Å²) in [6.07, 6.45) is -1.32. The third-order valence-corrected chi connectivity index (χ3v) is 15.6. The molecule has 0 spiro atoms. The molecule has 0 aliphatic carbocycles. The van der Waals surface area contributed by atoms with Gasteiger partial charge in [0, 0.05) is 0 Å². The second-order valence-electron chi connectivity index (χ2n) is 9.94. The summed E-state index contributed by atoms with van der Waals surface area (Å²) in [5.41, 5.74) is 0. The number of cyclic esters (lactones) is 1. The van der Waals surface area contributed by atoms with Gasteiger partial charge in [-0.2, -0.15) is 0 Å². The van der Waals surface area contributed by atoms with E-state index in [0.29, 0.717) is 0 Å². The van der Waals surface area contributed by atoms with E-state index in [0.717, 1.165) is 0 Å². The first-order valence-corrected chi connectivity index (χ1v) is 15.3. The van der Waals surface area contributed by atoms with Crippen LogP contribution in [-0.2, 0) is 18.4 Å². The van der Waals surface area contributed by atoms with Crippen LogP contribution in [0.1, 0.15) is 41.5 Å². The quantitative estimate of drug-likeness (QED) is 0.329. The van der Waals surface area contributed by atoms with Crippen molar-refractivity contribution in [1.82, 2.24) is 0 Å². The maximum atomic E-state index is 12.2. The van der Waals surface area contributed by atoms with Gasteiger partial charge < -0.3 is 13.6 Å². The zero-order valence-electron chi connectivity index (χ0n) is 17.3. The Morgan fingerprint density at radius 1 is 1.00 bits per heavy atom. The molecule has 1 aliphatic heterocycles. The van der Waals surface area contributed by atoms with Crippen LogP contribution in [0.3, 0.4) is 0 Å². The summed E-state index contributed by atoms with van der Waals surface area (Å²) < 4.78 is 16.4. The third kappa shape index (κ3) is 5.02. The SMILES string of the molecule is CC(C)(C)[Si](C)(C)OC[C@H]1OC(=O)C(Cl)(Cl)C1O[Si](C)(C)C(C)(C)C. The predicted molar refractivity (Wildman–Crippen MR) is 110 cm³/mol. The zero-order chi connectivity index (χ0) is 20.1. The molecule has 4 nitrogen and oxygen atoms in total. The number of halogens is 2. The fourth-order valence-corrected chi connectivity index (χ4v) is 4.84. The van der Waals surface area contributed by atoms with Crippen molar-refractivity contribution in [1.29, 1.82) is 0 Å². The highest BCUT2D eigenvalue weighted by Gasteiger charge is 2.59. The number of carbonyl (C=O) groups is 1. The summed E-state index contributed by atoms with van der Waals surface area (Å²) in [6.45, 7) is 21.6. The highest BCUT2D eigenvalue weighted by molar-refractivity contribution is 6.74. The molecule has 0 bridgehead atoms. The van der Waals surface area contributed by atoms with Crippen LogP contribution < -0.4 is 0 Å². The molecule has 1 unspecified atom stereocenters. The van der Waals surface area contributed by atoms with E-state index in [1.54, 1.807) is 0 Å². The number of hydrogen-bond donors (Lipinski definition) is 0. The molecule has 0 amide bonds. The number of rotatable bonds is 5. The van der Waals surface area contributed by atoms with E-state index in [9.17, 15) is 4.79 Å². The Hall–Kier alpha value is 0.404. The standard InChI is InChI=1S/C17H34Cl2O4Si2/c1-15(2,3)24(7,8)21-11-12-13(17(18,19)14(20)22-12)23-25(9,10)16(4,5)6/h12-13H,11H2,1-10H3/t12-,13?/m1/s1. The minimum atomic E-state index is -2.19. The van der Waals surface area contributed by atoms with Crippen molar-refractivity contribution in [3.63, 3.8) is 0 Å². The molecule has 8 heteroatoms. The summed E-state index contributed by atoms with van der Waals surface area (Å²) in [7, 11) is -4.17. The van der Waals surface area contributed by atoms with Gasteiger partial charge in [0.25, 0.3) is 0 Å². The monoisotopic (exact) mass is 428 g/mol. The van der Waals surface area contributed by atoms with E-state index in [2.05, 4.69) is 67.7 Å². The lowest BCUT2D eigenvalue weighted by Crippen LogP contribution is -2.52. The molecular weight excluding hydrogens is 395 g/mol. The van der Waals surface area contributed by atoms with E-state index in [-0.39, 0.29) is 16.7 Å². The predicted octanol–water partition coefficient (Wildman–Crippen LogP) is 5.50. The molecule has 0 aromatic heterocycles. The van der Waals surface area contributed by atoms with Gasteiger partial charge in [0.05, 0.1) is 6.61 Å². The van der Waals surface area contributed by atoms with Crippen LogP contribution >= 0.6 is 23.2 Å². The van der Waals surface area contributed by atoms with Gasteiger partial charge in [0.2, 0.25) is 4.33 Å². The molecule has 0 aromatic carbocycles. The molecule has 0 radical (unpaired) electrons. The summed E-state index contributed by atoms with van der Waals surface area (Å²) in [4.78, 5) is 12.2. The molecule has 148 valence electrons. The molecule has 0 saturated carbocycles. The van der Waals surface area contributed by atoms with Crippen molar-refractivity contribution in [3.05, 3.63) is 0 Å². The first kappa shape index (κ1) is 23.4. The number of alkyl halides is 2. The molecule has 1 fully saturated rings. The molecule has 1 heterocycles. The van der Waals surface area contributed by atoms with Gasteiger partial charge in [-0.3, -0.25) is 0 Å². The Bertz CT molecular complexity index is 508. The Balaban J connectivity index is 3.00. The average Bonchev–Trinajstić information content (AvgIpc) is 2.57. The van der Waals surface area contributed by atoms with E-state index < -0.39 is 39.1 Å². The van der Waals surface area contributed by atoms with E-state index >= 15 is 0 Å². The average molecular weight is 430 g/mol. The smallest absolute Gasteiger partial charge is 0.345 e. The Morgan fingerprint density at radius 3 is 1.84 bits per heavy atom. The van der Waals surface area contributed by atoms with Gasteiger partial charge in [-0.1, -0.05) is 64.7 Å². The summed E-state index contributed by atoms with van der Waals surface area (Å²) in [5.74, 6) is -0.650. The van der Waals surface area contributed by atoms with Crippen molar-refractivity contribution in [2.45, 2.75) is 94.3 Å². The van der Waals surface area contributed by atoms with Gasteiger partial charge in [-0.05, 0) is 36.3 Å². The third-order valence-electron chi connectivity index (χ3n) is 5.87. The van der Waals surface area contributed by atoms with Gasteiger partial charge >= 0.3 is 5.97 Å². The number of esters is 1. The van der Waals surface area contributed by atoms with Crippen LogP contribution in [0.5, 0.6) is 0 Å². The van der Waals surface area contributed by atoms with Gasteiger partial charge in [0.15, 0.2) is 22.7 Å². The van der Waals surface area contributed by atoms with Crippen LogP contribution in [0.15, 0.2) is 0 Å². The lowest BCUT2D eigenvalue weighted by Gasteiger charge is -2.41. The number of ether oxygens (including phenoxy) is 1. The molecule has 0 aromatic rings. The summed E-state index contributed by atoms with van der Waals surface area (Å²) >= 11 is 12.6. The van der Waals surface area contributed by atoms with Crippen LogP contribution in [0.25, 0.3) is 0 Å². The fourth-order valence-electron chi connectivity index (χ4n) is 1.90. The van der Waals surface area contributed by atoms with Crippen molar-refractivity contribution >= 4 is 45.8 Å². The van der Waals surface area contributed by atoms with E-state index in [4.69, 9.17) is 36.8 Å². The van der Waals surface area contributed by atoms with Crippen LogP contribution in [-0.4, -0.2) is 45.8 Å². The summed E-state index contributed by atoms with van der Waals surface area (Å²) in [6, 6.07) is 0. The molecule has 1 rings (SSSR count). The first-order chi connectivity index (χ1) is 10.8. The molecule has 2 atom stereocenters. The van der Waals surface area contributed by atoms with E-state index in [1.807, 2.05) is 0 Å². The molecule has 1 saturated heterocycles. The Labute approximate surface area is 165 Å². The lowest BCUT2D eigenvalue weighted by molar-refractivity contribution is -0.143. The van der Waals surface area contributed by atoms with E-state index in [1.165, 1.54) is 0 Å². The highest BCUT2D eigenvalue weighted by Crippen LogP contribution is 2.45. The summed E-state index contributed by atoms with van der Waals surface area (Å²) in [5, 5.41) is 0.0255. The minimum Gasteiger partial charge on any atom is -0.455 e. The Kier molecular flexibility index (Phi) is 6.65. The van der Waals surface area contributed by atoms with Crippen LogP contribution in [0, 0.1) is 0 Å². The maximum absolute atomic E-state index is 12.2. The molecule has 25 heavy (non-hydrogen) atoms.